The van der Waals surface area contributed by atoms with Crippen molar-refractivity contribution >= 4 is 11.0 Å². The number of rotatable bonds is 2. The Hall–Kier alpha value is -2.95. The second-order valence-electron chi connectivity index (χ2n) is 6.19. The van der Waals surface area contributed by atoms with Crippen molar-refractivity contribution in [2.24, 2.45) is 7.05 Å². The van der Waals surface area contributed by atoms with Crippen LogP contribution in [0.3, 0.4) is 0 Å². The Kier molecular flexibility index (Phi) is 3.23. The van der Waals surface area contributed by atoms with E-state index >= 15 is 0 Å². The molecule has 24 heavy (non-hydrogen) atoms. The first kappa shape index (κ1) is 14.6. The average Bonchev–Trinajstić information content (AvgIpc) is 3.10. The van der Waals surface area contributed by atoms with Crippen LogP contribution in [-0.4, -0.2) is 24.3 Å². The van der Waals surface area contributed by atoms with E-state index in [-0.39, 0.29) is 0 Å². The van der Waals surface area contributed by atoms with E-state index in [0.717, 1.165) is 33.9 Å². The van der Waals surface area contributed by atoms with Gasteiger partial charge in [-0.1, -0.05) is 18.2 Å². The van der Waals surface area contributed by atoms with E-state index in [4.69, 9.17) is 0 Å². The van der Waals surface area contributed by atoms with Crippen molar-refractivity contribution < 1.29 is 0 Å². The lowest BCUT2D eigenvalue weighted by atomic mass is 10.1. The summed E-state index contributed by atoms with van der Waals surface area (Å²) in [6.45, 7) is 6.13. The molecular weight excluding hydrogens is 298 g/mol. The van der Waals surface area contributed by atoms with E-state index in [2.05, 4.69) is 65.3 Å². The van der Waals surface area contributed by atoms with Crippen LogP contribution in [0, 0.1) is 20.8 Å². The smallest absolute Gasteiger partial charge is 0.163 e. The highest BCUT2D eigenvalue weighted by molar-refractivity contribution is 5.81. The first-order chi connectivity index (χ1) is 11.5. The zero-order valence-electron chi connectivity index (χ0n) is 14.3. The predicted molar refractivity (Wildman–Crippen MR) is 95.3 cm³/mol. The summed E-state index contributed by atoms with van der Waals surface area (Å²) in [5, 5.41) is 4.64. The molecule has 0 saturated heterocycles. The highest BCUT2D eigenvalue weighted by Crippen LogP contribution is 2.27. The molecule has 0 radical (unpaired) electrons. The van der Waals surface area contributed by atoms with E-state index in [1.807, 2.05) is 29.5 Å². The van der Waals surface area contributed by atoms with Gasteiger partial charge in [0.25, 0.3) is 0 Å². The molecule has 0 aliphatic rings. The molecule has 0 spiro atoms. The minimum atomic E-state index is 0.758. The molecule has 2 heterocycles. The molecule has 5 nitrogen and oxygen atoms in total. The number of hydrogen-bond donors (Lipinski definition) is 0. The van der Waals surface area contributed by atoms with E-state index in [9.17, 15) is 0 Å². The lowest BCUT2D eigenvalue weighted by Crippen LogP contribution is -2.04. The van der Waals surface area contributed by atoms with Crippen molar-refractivity contribution in [1.82, 2.24) is 24.3 Å². The molecule has 2 aromatic heterocycles. The van der Waals surface area contributed by atoms with Gasteiger partial charge in [0.15, 0.2) is 5.82 Å². The number of imidazole rings is 1. The van der Waals surface area contributed by atoms with Crippen molar-refractivity contribution in [2.45, 2.75) is 20.8 Å². The molecule has 2 aromatic carbocycles. The summed E-state index contributed by atoms with van der Waals surface area (Å²) >= 11 is 0. The van der Waals surface area contributed by atoms with Gasteiger partial charge in [-0.25, -0.2) is 14.6 Å². The van der Waals surface area contributed by atoms with E-state index in [1.165, 1.54) is 11.1 Å². The minimum Gasteiger partial charge on any atom is -0.334 e. The fourth-order valence-corrected chi connectivity index (χ4v) is 3.17. The first-order valence-electron chi connectivity index (χ1n) is 7.96. The van der Waals surface area contributed by atoms with Crippen molar-refractivity contribution in [2.75, 3.05) is 0 Å². The SMILES string of the molecule is Cc1nc(-c2ccc3c(c2)ncn3C)n(-c2c(C)cccc2C)n1. The molecule has 0 amide bonds. The fraction of sp³-hybridized carbons (Fsp3) is 0.211. The molecule has 0 fully saturated rings. The Morgan fingerprint density at radius 3 is 2.46 bits per heavy atom. The zero-order chi connectivity index (χ0) is 16.8. The van der Waals surface area contributed by atoms with Gasteiger partial charge in [0.1, 0.15) is 5.82 Å². The van der Waals surface area contributed by atoms with Crippen molar-refractivity contribution in [3.8, 4) is 17.1 Å². The van der Waals surface area contributed by atoms with Crippen LogP contribution in [-0.2, 0) is 7.05 Å². The Labute approximate surface area is 140 Å². The minimum absolute atomic E-state index is 0.758. The van der Waals surface area contributed by atoms with Gasteiger partial charge >= 0.3 is 0 Å². The van der Waals surface area contributed by atoms with Crippen LogP contribution >= 0.6 is 0 Å². The van der Waals surface area contributed by atoms with Crippen molar-refractivity contribution in [3.05, 3.63) is 59.7 Å². The lowest BCUT2D eigenvalue weighted by molar-refractivity contribution is 0.855. The van der Waals surface area contributed by atoms with Gasteiger partial charge < -0.3 is 4.57 Å². The second-order valence-corrected chi connectivity index (χ2v) is 6.19. The van der Waals surface area contributed by atoms with E-state index < -0.39 is 0 Å². The largest absolute Gasteiger partial charge is 0.334 e. The highest BCUT2D eigenvalue weighted by atomic mass is 15.4. The molecule has 0 aliphatic heterocycles. The van der Waals surface area contributed by atoms with Crippen LogP contribution in [0.5, 0.6) is 0 Å². The van der Waals surface area contributed by atoms with Crippen molar-refractivity contribution in [3.63, 3.8) is 0 Å². The summed E-state index contributed by atoms with van der Waals surface area (Å²) in [6.07, 6.45) is 1.83. The quantitative estimate of drug-likeness (QED) is 0.566. The predicted octanol–water partition coefficient (Wildman–Crippen LogP) is 3.75. The standard InChI is InChI=1S/C19H19N5/c1-12-6-5-7-13(2)18(12)24-19(21-14(3)22-24)15-8-9-17-16(10-15)20-11-23(17)4/h5-11H,1-4H3. The number of hydrogen-bond acceptors (Lipinski definition) is 3. The zero-order valence-corrected chi connectivity index (χ0v) is 14.3. The number of aryl methyl sites for hydroxylation is 4. The van der Waals surface area contributed by atoms with Gasteiger partial charge in [0.2, 0.25) is 0 Å². The molecule has 4 rings (SSSR count). The van der Waals surface area contributed by atoms with Gasteiger partial charge in [-0.05, 0) is 50.1 Å². The summed E-state index contributed by atoms with van der Waals surface area (Å²) < 4.78 is 3.96. The monoisotopic (exact) mass is 317 g/mol. The van der Waals surface area contributed by atoms with Gasteiger partial charge in [-0.15, -0.1) is 0 Å². The summed E-state index contributed by atoms with van der Waals surface area (Å²) in [4.78, 5) is 9.12. The average molecular weight is 317 g/mol. The molecular formula is C19H19N5. The Morgan fingerprint density at radius 2 is 1.71 bits per heavy atom. The normalized spacial score (nSPS) is 11.3. The number of aromatic nitrogens is 5. The van der Waals surface area contributed by atoms with Crippen LogP contribution in [0.4, 0.5) is 0 Å². The maximum Gasteiger partial charge on any atom is 0.163 e. The van der Waals surface area contributed by atoms with Crippen LogP contribution in [0.25, 0.3) is 28.1 Å². The van der Waals surface area contributed by atoms with Gasteiger partial charge in [-0.3, -0.25) is 0 Å². The molecule has 0 saturated carbocycles. The number of para-hydroxylation sites is 1. The molecule has 0 unspecified atom stereocenters. The Bertz CT molecular complexity index is 1030. The lowest BCUT2D eigenvalue weighted by Gasteiger charge is -2.12. The summed E-state index contributed by atoms with van der Waals surface area (Å²) in [7, 11) is 2.00. The van der Waals surface area contributed by atoms with Gasteiger partial charge in [0.05, 0.1) is 23.0 Å². The van der Waals surface area contributed by atoms with E-state index in [0.29, 0.717) is 0 Å². The molecule has 120 valence electrons. The molecule has 0 N–H and O–H groups in total. The first-order valence-corrected chi connectivity index (χ1v) is 7.96. The molecule has 4 aromatic rings. The third-order valence-electron chi connectivity index (χ3n) is 4.35. The van der Waals surface area contributed by atoms with Crippen LogP contribution in [0.1, 0.15) is 17.0 Å². The molecule has 0 atom stereocenters. The summed E-state index contributed by atoms with van der Waals surface area (Å²) in [5.41, 5.74) is 6.54. The highest BCUT2D eigenvalue weighted by Gasteiger charge is 2.16. The summed E-state index contributed by atoms with van der Waals surface area (Å²) in [6, 6.07) is 12.5. The maximum absolute atomic E-state index is 4.67. The Balaban J connectivity index is 1.95. The number of benzene rings is 2. The van der Waals surface area contributed by atoms with Crippen LogP contribution < -0.4 is 0 Å². The number of nitrogens with zero attached hydrogens (tertiary/aromatic N) is 5. The third kappa shape index (κ3) is 2.21. The third-order valence-corrected chi connectivity index (χ3v) is 4.35. The molecule has 0 aliphatic carbocycles. The molecule has 0 bridgehead atoms. The number of fused-ring (bicyclic) bond motifs is 1. The van der Waals surface area contributed by atoms with Gasteiger partial charge in [0, 0.05) is 12.6 Å². The summed E-state index contributed by atoms with van der Waals surface area (Å²) in [5.74, 6) is 1.60. The van der Waals surface area contributed by atoms with Crippen LogP contribution in [0.2, 0.25) is 0 Å². The van der Waals surface area contributed by atoms with Crippen LogP contribution in [0.15, 0.2) is 42.7 Å². The van der Waals surface area contributed by atoms with Gasteiger partial charge in [-0.2, -0.15) is 5.10 Å². The van der Waals surface area contributed by atoms with E-state index in [1.54, 1.807) is 0 Å². The maximum atomic E-state index is 4.67. The fourth-order valence-electron chi connectivity index (χ4n) is 3.17. The Morgan fingerprint density at radius 1 is 0.958 bits per heavy atom. The second kappa shape index (κ2) is 5.30. The molecule has 5 heteroatoms. The van der Waals surface area contributed by atoms with Crippen molar-refractivity contribution in [1.29, 1.82) is 0 Å². The topological polar surface area (TPSA) is 48.5 Å².